The van der Waals surface area contributed by atoms with Gasteiger partial charge in [-0.15, -0.1) is 4.80 Å². The van der Waals surface area contributed by atoms with Gasteiger partial charge in [-0.1, -0.05) is 0 Å². The molecule has 0 unspecified atom stereocenters. The topological polar surface area (TPSA) is 49.2 Å². The minimum absolute atomic E-state index is 0.491. The van der Waals surface area contributed by atoms with E-state index in [1.54, 1.807) is 12.4 Å². The number of hydrogen-bond acceptors (Lipinski definition) is 4. The molecule has 0 bridgehead atoms. The van der Waals surface area contributed by atoms with Crippen LogP contribution >= 0.6 is 0 Å². The Hall–Kier alpha value is -0.940. The van der Waals surface area contributed by atoms with Gasteiger partial charge in [0.2, 0.25) is 0 Å². The third-order valence-electron chi connectivity index (χ3n) is 1.24. The van der Waals surface area contributed by atoms with Crippen LogP contribution in [0.15, 0.2) is 12.4 Å². The molecule has 1 aromatic heterocycles. The second-order valence-corrected chi connectivity index (χ2v) is 2.07. The van der Waals surface area contributed by atoms with Crippen molar-refractivity contribution < 1.29 is 9.47 Å². The summed E-state index contributed by atoms with van der Waals surface area (Å²) in [4.78, 5) is 1.40. The molecule has 0 saturated carbocycles. The van der Waals surface area contributed by atoms with E-state index in [9.17, 15) is 0 Å². The highest BCUT2D eigenvalue weighted by Gasteiger charge is 2.10. The largest absolute Gasteiger partial charge is 0.333 e. The fourth-order valence-corrected chi connectivity index (χ4v) is 0.802. The minimum atomic E-state index is -0.491. The van der Waals surface area contributed by atoms with E-state index in [4.69, 9.17) is 9.47 Å². The summed E-state index contributed by atoms with van der Waals surface area (Å²) >= 11 is 0. The summed E-state index contributed by atoms with van der Waals surface area (Å²) in [6, 6.07) is 0. The van der Waals surface area contributed by atoms with E-state index >= 15 is 0 Å². The third kappa shape index (κ3) is 2.28. The van der Waals surface area contributed by atoms with Crippen molar-refractivity contribution in [3.05, 3.63) is 12.4 Å². The quantitative estimate of drug-likeness (QED) is 0.615. The fourth-order valence-electron chi connectivity index (χ4n) is 0.802. The van der Waals surface area contributed by atoms with Crippen LogP contribution in [-0.4, -0.2) is 28.2 Å². The van der Waals surface area contributed by atoms with Gasteiger partial charge in [-0.3, -0.25) is 0 Å². The van der Waals surface area contributed by atoms with E-state index < -0.39 is 6.41 Å². The molecule has 1 heterocycles. The summed E-state index contributed by atoms with van der Waals surface area (Å²) in [7, 11) is 0. The molecule has 0 atom stereocenters. The Kier molecular flexibility index (Phi) is 3.69. The molecule has 5 nitrogen and oxygen atoms in total. The Morgan fingerprint density at radius 3 is 2.08 bits per heavy atom. The lowest BCUT2D eigenvalue weighted by Crippen LogP contribution is -2.18. The molecule has 0 fully saturated rings. The monoisotopic (exact) mass is 171 g/mol. The van der Waals surface area contributed by atoms with Crippen molar-refractivity contribution in [1.82, 2.24) is 15.0 Å². The van der Waals surface area contributed by atoms with E-state index in [2.05, 4.69) is 10.2 Å². The van der Waals surface area contributed by atoms with Crippen molar-refractivity contribution in [3.8, 4) is 0 Å². The van der Waals surface area contributed by atoms with Crippen molar-refractivity contribution in [2.24, 2.45) is 0 Å². The standard InChI is InChI=1S/C7H13N3O2/c1-3-11-7(12-4-2)10-8-5-6-9-10/h5-7H,3-4H2,1-2H3. The summed E-state index contributed by atoms with van der Waals surface area (Å²) in [5, 5.41) is 7.82. The number of rotatable bonds is 5. The lowest BCUT2D eigenvalue weighted by molar-refractivity contribution is -0.198. The summed E-state index contributed by atoms with van der Waals surface area (Å²) in [6.07, 6.45) is 2.69. The summed E-state index contributed by atoms with van der Waals surface area (Å²) in [5.41, 5.74) is 0. The molecular weight excluding hydrogens is 158 g/mol. The molecule has 0 aliphatic heterocycles. The van der Waals surface area contributed by atoms with Crippen LogP contribution in [0, 0.1) is 0 Å². The lowest BCUT2D eigenvalue weighted by Gasteiger charge is -2.14. The smallest absolute Gasteiger partial charge is 0.277 e. The molecule has 1 rings (SSSR count). The van der Waals surface area contributed by atoms with Crippen LogP contribution in [0.2, 0.25) is 0 Å². The zero-order valence-electron chi connectivity index (χ0n) is 7.30. The van der Waals surface area contributed by atoms with Crippen LogP contribution in [-0.2, 0) is 9.47 Å². The Labute approximate surface area is 71.3 Å². The molecule has 0 aromatic carbocycles. The van der Waals surface area contributed by atoms with Crippen LogP contribution in [0.3, 0.4) is 0 Å². The molecule has 0 aliphatic rings. The summed E-state index contributed by atoms with van der Waals surface area (Å²) < 4.78 is 10.5. The maximum absolute atomic E-state index is 5.24. The average molecular weight is 171 g/mol. The molecule has 0 amide bonds. The van der Waals surface area contributed by atoms with Gasteiger partial charge in [0.05, 0.1) is 12.4 Å². The molecule has 0 N–H and O–H groups in total. The molecule has 0 spiro atoms. The van der Waals surface area contributed by atoms with Crippen molar-refractivity contribution in [1.29, 1.82) is 0 Å². The zero-order chi connectivity index (χ0) is 8.81. The molecule has 1 aromatic rings. The molecule has 0 radical (unpaired) electrons. The number of hydrogen-bond donors (Lipinski definition) is 0. The number of aromatic nitrogens is 3. The van der Waals surface area contributed by atoms with Gasteiger partial charge in [0.1, 0.15) is 0 Å². The second-order valence-electron chi connectivity index (χ2n) is 2.07. The van der Waals surface area contributed by atoms with E-state index in [0.717, 1.165) is 0 Å². The highest BCUT2D eigenvalue weighted by atomic mass is 16.7. The molecule has 12 heavy (non-hydrogen) atoms. The zero-order valence-corrected chi connectivity index (χ0v) is 7.30. The number of ether oxygens (including phenoxy) is 2. The molecule has 0 saturated heterocycles. The molecule has 5 heteroatoms. The average Bonchev–Trinajstić information content (AvgIpc) is 2.56. The van der Waals surface area contributed by atoms with Gasteiger partial charge in [-0.25, -0.2) is 0 Å². The van der Waals surface area contributed by atoms with E-state index in [0.29, 0.717) is 13.2 Å². The molecular formula is C7H13N3O2. The minimum Gasteiger partial charge on any atom is -0.333 e. The predicted octanol–water partition coefficient (Wildman–Crippen LogP) is 0.807. The van der Waals surface area contributed by atoms with Crippen molar-refractivity contribution in [2.75, 3.05) is 13.2 Å². The van der Waals surface area contributed by atoms with Crippen LogP contribution < -0.4 is 0 Å². The highest BCUT2D eigenvalue weighted by Crippen LogP contribution is 2.05. The molecule has 68 valence electrons. The van der Waals surface area contributed by atoms with E-state index in [-0.39, 0.29) is 0 Å². The summed E-state index contributed by atoms with van der Waals surface area (Å²) in [6.45, 7) is 4.95. The fraction of sp³-hybridized carbons (Fsp3) is 0.714. The first kappa shape index (κ1) is 9.15. The Balaban J connectivity index is 2.53. The second kappa shape index (κ2) is 4.84. The van der Waals surface area contributed by atoms with Gasteiger partial charge in [-0.05, 0) is 13.8 Å². The van der Waals surface area contributed by atoms with E-state index in [1.807, 2.05) is 13.8 Å². The van der Waals surface area contributed by atoms with Gasteiger partial charge >= 0.3 is 0 Å². The van der Waals surface area contributed by atoms with Gasteiger partial charge < -0.3 is 9.47 Å². The Bertz CT molecular complexity index is 194. The van der Waals surface area contributed by atoms with Gasteiger partial charge in [0.15, 0.2) is 0 Å². The van der Waals surface area contributed by atoms with Crippen LogP contribution in [0.4, 0.5) is 0 Å². The van der Waals surface area contributed by atoms with Crippen LogP contribution in [0.25, 0.3) is 0 Å². The molecule has 0 aliphatic carbocycles. The maximum Gasteiger partial charge on any atom is 0.277 e. The van der Waals surface area contributed by atoms with Crippen LogP contribution in [0.1, 0.15) is 20.3 Å². The summed E-state index contributed by atoms with van der Waals surface area (Å²) in [5.74, 6) is 0. The van der Waals surface area contributed by atoms with Crippen LogP contribution in [0.5, 0.6) is 0 Å². The van der Waals surface area contributed by atoms with Gasteiger partial charge in [0, 0.05) is 13.2 Å². The normalized spacial score (nSPS) is 10.9. The van der Waals surface area contributed by atoms with E-state index in [1.165, 1.54) is 4.80 Å². The highest BCUT2D eigenvalue weighted by molar-refractivity contribution is 4.60. The van der Waals surface area contributed by atoms with Crippen molar-refractivity contribution >= 4 is 0 Å². The van der Waals surface area contributed by atoms with Crippen molar-refractivity contribution in [3.63, 3.8) is 0 Å². The lowest BCUT2D eigenvalue weighted by atomic mass is 10.8. The first-order chi connectivity index (χ1) is 5.88. The SMILES string of the molecule is CCOC(OCC)n1nccn1. The third-order valence-corrected chi connectivity index (χ3v) is 1.24. The Morgan fingerprint density at radius 1 is 1.17 bits per heavy atom. The maximum atomic E-state index is 5.24. The first-order valence-corrected chi connectivity index (χ1v) is 3.97. The van der Waals surface area contributed by atoms with Gasteiger partial charge in [0.25, 0.3) is 6.41 Å². The first-order valence-electron chi connectivity index (χ1n) is 3.97. The number of nitrogens with zero attached hydrogens (tertiary/aromatic N) is 3. The van der Waals surface area contributed by atoms with Crippen molar-refractivity contribution in [2.45, 2.75) is 20.3 Å². The van der Waals surface area contributed by atoms with Gasteiger partial charge in [-0.2, -0.15) is 10.2 Å². The predicted molar refractivity (Wildman–Crippen MR) is 42.3 cm³/mol. The Morgan fingerprint density at radius 2 is 1.67 bits per heavy atom.